The van der Waals surface area contributed by atoms with Crippen LogP contribution in [0.25, 0.3) is 0 Å². The van der Waals surface area contributed by atoms with Crippen LogP contribution < -0.4 is 0 Å². The summed E-state index contributed by atoms with van der Waals surface area (Å²) in [7, 11) is 0. The molecule has 0 aliphatic heterocycles. The number of hydrogen-bond acceptors (Lipinski definition) is 0. The molecule has 0 unspecified atom stereocenters. The van der Waals surface area contributed by atoms with E-state index in [1.165, 1.54) is 25.7 Å². The number of halogens is 1. The SMILES string of the molecule is CC(C)C1CCC(I)CC1. The molecule has 0 heterocycles. The highest BCUT2D eigenvalue weighted by Gasteiger charge is 2.20. The van der Waals surface area contributed by atoms with E-state index in [2.05, 4.69) is 36.4 Å². The molecule has 1 aliphatic carbocycles. The van der Waals surface area contributed by atoms with Crippen molar-refractivity contribution in [1.82, 2.24) is 0 Å². The summed E-state index contributed by atoms with van der Waals surface area (Å²) in [5.41, 5.74) is 0. The van der Waals surface area contributed by atoms with Gasteiger partial charge in [-0.25, -0.2) is 0 Å². The molecule has 0 spiro atoms. The fraction of sp³-hybridized carbons (Fsp3) is 1.00. The molecule has 1 fully saturated rings. The minimum absolute atomic E-state index is 0.920. The second-order valence-corrected chi connectivity index (χ2v) is 5.52. The first-order chi connectivity index (χ1) is 4.70. The van der Waals surface area contributed by atoms with E-state index < -0.39 is 0 Å². The van der Waals surface area contributed by atoms with Gasteiger partial charge < -0.3 is 0 Å². The molecule has 0 aromatic heterocycles. The van der Waals surface area contributed by atoms with Gasteiger partial charge in [0, 0.05) is 3.92 Å². The Hall–Kier alpha value is 0.730. The highest BCUT2D eigenvalue weighted by molar-refractivity contribution is 14.1. The van der Waals surface area contributed by atoms with Gasteiger partial charge in [0.2, 0.25) is 0 Å². The smallest absolute Gasteiger partial charge is 0.0110 e. The molecule has 1 rings (SSSR count). The maximum Gasteiger partial charge on any atom is 0.0110 e. The highest BCUT2D eigenvalue weighted by atomic mass is 127. The molecule has 0 N–H and O–H groups in total. The lowest BCUT2D eigenvalue weighted by Gasteiger charge is -2.27. The summed E-state index contributed by atoms with van der Waals surface area (Å²) in [4.78, 5) is 0. The van der Waals surface area contributed by atoms with Crippen LogP contribution in [-0.2, 0) is 0 Å². The molecule has 10 heavy (non-hydrogen) atoms. The minimum atomic E-state index is 0.920. The third kappa shape index (κ3) is 2.40. The first-order valence-electron chi connectivity index (χ1n) is 4.34. The molecule has 60 valence electrons. The lowest BCUT2D eigenvalue weighted by atomic mass is 9.82. The normalized spacial score (nSPS) is 34.8. The maximum atomic E-state index is 2.59. The largest absolute Gasteiger partial charge is 0.0826 e. The van der Waals surface area contributed by atoms with E-state index in [0.29, 0.717) is 0 Å². The quantitative estimate of drug-likeness (QED) is 0.493. The highest BCUT2D eigenvalue weighted by Crippen LogP contribution is 2.32. The first kappa shape index (κ1) is 8.82. The lowest BCUT2D eigenvalue weighted by Crippen LogP contribution is -2.17. The third-order valence-corrected chi connectivity index (χ3v) is 3.89. The van der Waals surface area contributed by atoms with Crippen molar-refractivity contribution >= 4 is 22.6 Å². The topological polar surface area (TPSA) is 0 Å². The fourth-order valence-corrected chi connectivity index (χ4v) is 2.46. The number of alkyl halides is 1. The van der Waals surface area contributed by atoms with Crippen molar-refractivity contribution in [3.8, 4) is 0 Å². The van der Waals surface area contributed by atoms with E-state index >= 15 is 0 Å². The molecule has 0 nitrogen and oxygen atoms in total. The van der Waals surface area contributed by atoms with Gasteiger partial charge in [-0.05, 0) is 37.5 Å². The first-order valence-corrected chi connectivity index (χ1v) is 5.58. The number of rotatable bonds is 1. The van der Waals surface area contributed by atoms with E-state index in [9.17, 15) is 0 Å². The van der Waals surface area contributed by atoms with Crippen LogP contribution in [0.1, 0.15) is 39.5 Å². The van der Waals surface area contributed by atoms with E-state index in [-0.39, 0.29) is 0 Å². The molecular weight excluding hydrogens is 235 g/mol. The molecule has 0 bridgehead atoms. The summed E-state index contributed by atoms with van der Waals surface area (Å²) in [6.45, 7) is 4.72. The van der Waals surface area contributed by atoms with Crippen LogP contribution in [0.5, 0.6) is 0 Å². The van der Waals surface area contributed by atoms with E-state index in [0.717, 1.165) is 15.8 Å². The van der Waals surface area contributed by atoms with Crippen LogP contribution in [0.2, 0.25) is 0 Å². The molecule has 0 amide bonds. The van der Waals surface area contributed by atoms with Crippen LogP contribution in [0.4, 0.5) is 0 Å². The Bertz CT molecular complexity index is 90.9. The molecule has 1 heteroatoms. The summed E-state index contributed by atoms with van der Waals surface area (Å²) in [6, 6.07) is 0. The standard InChI is InChI=1S/C9H17I/c1-7(2)8-3-5-9(10)6-4-8/h7-9H,3-6H2,1-2H3. The second-order valence-electron chi connectivity index (χ2n) is 3.76. The van der Waals surface area contributed by atoms with E-state index in [4.69, 9.17) is 0 Å². The van der Waals surface area contributed by atoms with Crippen LogP contribution in [-0.4, -0.2) is 3.92 Å². The third-order valence-electron chi connectivity index (χ3n) is 2.64. The van der Waals surface area contributed by atoms with Crippen LogP contribution >= 0.6 is 22.6 Å². The Morgan fingerprint density at radius 1 is 1.10 bits per heavy atom. The number of hydrogen-bond donors (Lipinski definition) is 0. The zero-order valence-corrected chi connectivity index (χ0v) is 9.10. The molecule has 0 atom stereocenters. The Labute approximate surface area is 77.9 Å². The van der Waals surface area contributed by atoms with Gasteiger partial charge in [-0.1, -0.05) is 36.4 Å². The monoisotopic (exact) mass is 252 g/mol. The van der Waals surface area contributed by atoms with Gasteiger partial charge in [0.05, 0.1) is 0 Å². The predicted molar refractivity (Wildman–Crippen MR) is 54.6 cm³/mol. The Morgan fingerprint density at radius 2 is 1.60 bits per heavy atom. The molecule has 0 saturated heterocycles. The summed E-state index contributed by atoms with van der Waals surface area (Å²) >= 11 is 2.59. The predicted octanol–water partition coefficient (Wildman–Crippen LogP) is 3.64. The van der Waals surface area contributed by atoms with Gasteiger partial charge in [-0.15, -0.1) is 0 Å². The van der Waals surface area contributed by atoms with Crippen LogP contribution in [0.3, 0.4) is 0 Å². The van der Waals surface area contributed by atoms with Crippen LogP contribution in [0.15, 0.2) is 0 Å². The van der Waals surface area contributed by atoms with Crippen molar-refractivity contribution in [2.24, 2.45) is 11.8 Å². The van der Waals surface area contributed by atoms with Gasteiger partial charge >= 0.3 is 0 Å². The Kier molecular flexibility index (Phi) is 3.47. The van der Waals surface area contributed by atoms with Crippen molar-refractivity contribution < 1.29 is 0 Å². The zero-order valence-electron chi connectivity index (χ0n) is 6.94. The van der Waals surface area contributed by atoms with E-state index in [1.54, 1.807) is 0 Å². The maximum absolute atomic E-state index is 2.59. The summed E-state index contributed by atoms with van der Waals surface area (Å²) in [5.74, 6) is 1.95. The molecule has 0 aromatic carbocycles. The minimum Gasteiger partial charge on any atom is -0.0826 e. The molecule has 0 aromatic rings. The molecular formula is C9H17I. The summed E-state index contributed by atoms with van der Waals surface area (Å²) in [6.07, 6.45) is 5.88. The zero-order chi connectivity index (χ0) is 7.56. The van der Waals surface area contributed by atoms with Crippen molar-refractivity contribution in [3.05, 3.63) is 0 Å². The van der Waals surface area contributed by atoms with Gasteiger partial charge in [0.1, 0.15) is 0 Å². The van der Waals surface area contributed by atoms with Crippen molar-refractivity contribution in [2.75, 3.05) is 0 Å². The van der Waals surface area contributed by atoms with Crippen molar-refractivity contribution in [2.45, 2.75) is 43.5 Å². The van der Waals surface area contributed by atoms with Crippen molar-refractivity contribution in [3.63, 3.8) is 0 Å². The Balaban J connectivity index is 2.26. The second kappa shape index (κ2) is 3.93. The van der Waals surface area contributed by atoms with Gasteiger partial charge in [0.25, 0.3) is 0 Å². The summed E-state index contributed by atoms with van der Waals surface area (Å²) in [5, 5.41) is 0. The summed E-state index contributed by atoms with van der Waals surface area (Å²) < 4.78 is 0.979. The molecule has 1 aliphatic rings. The van der Waals surface area contributed by atoms with Gasteiger partial charge in [-0.2, -0.15) is 0 Å². The molecule has 1 saturated carbocycles. The van der Waals surface area contributed by atoms with Crippen molar-refractivity contribution in [1.29, 1.82) is 0 Å². The van der Waals surface area contributed by atoms with Gasteiger partial charge in [-0.3, -0.25) is 0 Å². The molecule has 0 radical (unpaired) electrons. The average molecular weight is 252 g/mol. The fourth-order valence-electron chi connectivity index (χ4n) is 1.75. The van der Waals surface area contributed by atoms with Crippen LogP contribution in [0, 0.1) is 11.8 Å². The van der Waals surface area contributed by atoms with E-state index in [1.807, 2.05) is 0 Å². The lowest BCUT2D eigenvalue weighted by molar-refractivity contribution is 0.287. The van der Waals surface area contributed by atoms with Gasteiger partial charge in [0.15, 0.2) is 0 Å². The Morgan fingerprint density at radius 3 is 2.00 bits per heavy atom. The average Bonchev–Trinajstić information content (AvgIpc) is 1.88.